The summed E-state index contributed by atoms with van der Waals surface area (Å²) in [6.07, 6.45) is 1.29. The fourth-order valence-electron chi connectivity index (χ4n) is 1.47. The minimum atomic E-state index is -1.30. The first kappa shape index (κ1) is 13.0. The van der Waals surface area contributed by atoms with Crippen LogP contribution in [0.15, 0.2) is 50.4 Å². The van der Waals surface area contributed by atoms with Crippen LogP contribution in [-0.4, -0.2) is 15.3 Å². The summed E-state index contributed by atoms with van der Waals surface area (Å²) in [6, 6.07) is 8.63. The number of hydrogen-bond acceptors (Lipinski definition) is 3. The molecule has 1 atom stereocenters. The average molecular weight is 329 g/mol. The quantitative estimate of drug-likeness (QED) is 0.936. The molecule has 1 aromatic heterocycles. The van der Waals surface area contributed by atoms with Crippen molar-refractivity contribution in [1.29, 1.82) is 0 Å². The molecule has 0 fully saturated rings. The van der Waals surface area contributed by atoms with Gasteiger partial charge in [-0.25, -0.2) is 4.79 Å². The molecule has 1 heterocycles. The summed E-state index contributed by atoms with van der Waals surface area (Å²) >= 11 is 3.30. The van der Waals surface area contributed by atoms with Gasteiger partial charge < -0.3 is 9.52 Å². The van der Waals surface area contributed by atoms with E-state index in [4.69, 9.17) is 9.52 Å². The normalized spacial score (nSPS) is 12.3. The van der Waals surface area contributed by atoms with Gasteiger partial charge in [-0.3, -0.25) is 4.21 Å². The first-order valence-electron chi connectivity index (χ1n) is 5.01. The second-order valence-electron chi connectivity index (χ2n) is 3.53. The molecule has 94 valence electrons. The lowest BCUT2D eigenvalue weighted by Crippen LogP contribution is -2.02. The average Bonchev–Trinajstić information content (AvgIpc) is 2.77. The second-order valence-corrected chi connectivity index (χ2v) is 5.89. The van der Waals surface area contributed by atoms with E-state index in [1.54, 1.807) is 18.2 Å². The summed E-state index contributed by atoms with van der Waals surface area (Å²) < 4.78 is 17.8. The Hall–Kier alpha value is -1.40. The molecule has 0 amide bonds. The van der Waals surface area contributed by atoms with Crippen molar-refractivity contribution in [3.63, 3.8) is 0 Å². The van der Waals surface area contributed by atoms with Crippen LogP contribution in [0.25, 0.3) is 0 Å². The lowest BCUT2D eigenvalue weighted by molar-refractivity contribution is 0.0661. The Morgan fingerprint density at radius 2 is 2.17 bits per heavy atom. The zero-order chi connectivity index (χ0) is 13.1. The van der Waals surface area contributed by atoms with Crippen LogP contribution in [0.5, 0.6) is 0 Å². The number of aromatic carboxylic acids is 1. The van der Waals surface area contributed by atoms with Gasteiger partial charge in [-0.05, 0) is 24.3 Å². The van der Waals surface area contributed by atoms with E-state index < -0.39 is 16.8 Å². The molecular weight excluding hydrogens is 320 g/mol. The minimum absolute atomic E-state index is 0.120. The summed E-state index contributed by atoms with van der Waals surface area (Å²) in [5, 5.41) is 8.88. The van der Waals surface area contributed by atoms with Crippen molar-refractivity contribution in [1.82, 2.24) is 0 Å². The molecule has 0 aliphatic carbocycles. The second kappa shape index (κ2) is 5.49. The van der Waals surface area contributed by atoms with E-state index in [9.17, 15) is 9.00 Å². The van der Waals surface area contributed by atoms with Gasteiger partial charge in [0.25, 0.3) is 0 Å². The number of carboxylic acid groups (broad SMARTS) is 1. The van der Waals surface area contributed by atoms with Crippen LogP contribution in [-0.2, 0) is 16.6 Å². The Labute approximate surface area is 114 Å². The van der Waals surface area contributed by atoms with Gasteiger partial charge in [0.05, 0.1) is 22.8 Å². The van der Waals surface area contributed by atoms with E-state index in [-0.39, 0.29) is 11.5 Å². The number of furan rings is 1. The summed E-state index contributed by atoms with van der Waals surface area (Å²) in [6.45, 7) is 0. The van der Waals surface area contributed by atoms with Crippen molar-refractivity contribution in [2.45, 2.75) is 10.6 Å². The zero-order valence-corrected chi connectivity index (χ0v) is 11.5. The van der Waals surface area contributed by atoms with Crippen molar-refractivity contribution in [3.8, 4) is 0 Å². The molecule has 4 nitrogen and oxygen atoms in total. The SMILES string of the molecule is O=C(O)c1occc1CS(=O)c1cccc(Br)c1. The highest BCUT2D eigenvalue weighted by Gasteiger charge is 2.16. The van der Waals surface area contributed by atoms with Crippen LogP contribution >= 0.6 is 15.9 Å². The standard InChI is InChI=1S/C12H9BrO4S/c13-9-2-1-3-10(6-9)18(16)7-8-4-5-17-11(8)12(14)15/h1-6H,7H2,(H,14,15). The van der Waals surface area contributed by atoms with E-state index in [2.05, 4.69) is 15.9 Å². The maximum absolute atomic E-state index is 12.1. The lowest BCUT2D eigenvalue weighted by atomic mass is 10.3. The first-order valence-corrected chi connectivity index (χ1v) is 7.12. The third-order valence-electron chi connectivity index (χ3n) is 2.29. The number of hydrogen-bond donors (Lipinski definition) is 1. The maximum atomic E-state index is 12.1. The predicted octanol–water partition coefficient (Wildman–Crippen LogP) is 3.05. The van der Waals surface area contributed by atoms with Gasteiger partial charge >= 0.3 is 5.97 Å². The van der Waals surface area contributed by atoms with Gasteiger partial charge in [0.15, 0.2) is 0 Å². The van der Waals surface area contributed by atoms with Crippen molar-refractivity contribution in [2.24, 2.45) is 0 Å². The van der Waals surface area contributed by atoms with Crippen molar-refractivity contribution in [2.75, 3.05) is 0 Å². The Kier molecular flexibility index (Phi) is 3.98. The summed E-state index contributed by atoms with van der Waals surface area (Å²) in [5.41, 5.74) is 0.431. The predicted molar refractivity (Wildman–Crippen MR) is 69.9 cm³/mol. The van der Waals surface area contributed by atoms with E-state index in [1.165, 1.54) is 12.3 Å². The van der Waals surface area contributed by atoms with Gasteiger partial charge in [0.2, 0.25) is 5.76 Å². The molecule has 0 aliphatic rings. The smallest absolute Gasteiger partial charge is 0.372 e. The third-order valence-corrected chi connectivity index (χ3v) is 4.13. The van der Waals surface area contributed by atoms with Gasteiger partial charge in [0, 0.05) is 14.9 Å². The van der Waals surface area contributed by atoms with Crippen molar-refractivity contribution < 1.29 is 18.5 Å². The largest absolute Gasteiger partial charge is 0.475 e. The topological polar surface area (TPSA) is 67.5 Å². The summed E-state index contributed by atoms with van der Waals surface area (Å²) in [4.78, 5) is 11.5. The van der Waals surface area contributed by atoms with E-state index in [1.807, 2.05) is 6.07 Å². The van der Waals surface area contributed by atoms with Gasteiger partial charge in [0.1, 0.15) is 0 Å². The molecular formula is C12H9BrO4S. The van der Waals surface area contributed by atoms with Crippen molar-refractivity contribution in [3.05, 3.63) is 52.4 Å². The van der Waals surface area contributed by atoms with Gasteiger partial charge in [-0.15, -0.1) is 0 Å². The number of rotatable bonds is 4. The molecule has 0 bridgehead atoms. The number of halogens is 1. The highest BCUT2D eigenvalue weighted by molar-refractivity contribution is 9.10. The van der Waals surface area contributed by atoms with Gasteiger partial charge in [-0.1, -0.05) is 22.0 Å². The van der Waals surface area contributed by atoms with Crippen LogP contribution < -0.4 is 0 Å². The molecule has 1 unspecified atom stereocenters. The van der Waals surface area contributed by atoms with Crippen molar-refractivity contribution >= 4 is 32.7 Å². The third kappa shape index (κ3) is 2.88. The Bertz CT molecular complexity index is 606. The van der Waals surface area contributed by atoms with Crippen LogP contribution in [0.3, 0.4) is 0 Å². The Morgan fingerprint density at radius 3 is 2.83 bits per heavy atom. The van der Waals surface area contributed by atoms with Crippen LogP contribution in [0.1, 0.15) is 16.1 Å². The number of carbonyl (C=O) groups is 1. The lowest BCUT2D eigenvalue weighted by Gasteiger charge is -2.02. The highest BCUT2D eigenvalue weighted by Crippen LogP contribution is 2.19. The molecule has 0 aliphatic heterocycles. The molecule has 0 spiro atoms. The monoisotopic (exact) mass is 328 g/mol. The molecule has 1 N–H and O–H groups in total. The fourth-order valence-corrected chi connectivity index (χ4v) is 3.19. The van der Waals surface area contributed by atoms with E-state index in [0.717, 1.165) is 4.47 Å². The molecule has 6 heteroatoms. The minimum Gasteiger partial charge on any atom is -0.475 e. The summed E-state index contributed by atoms with van der Waals surface area (Å²) in [5.74, 6) is -1.19. The van der Waals surface area contributed by atoms with Crippen LogP contribution in [0.2, 0.25) is 0 Å². The first-order chi connectivity index (χ1) is 8.58. The molecule has 1 aromatic carbocycles. The van der Waals surface area contributed by atoms with Gasteiger partial charge in [-0.2, -0.15) is 0 Å². The molecule has 2 aromatic rings. The molecule has 0 saturated heterocycles. The number of carboxylic acids is 1. The highest BCUT2D eigenvalue weighted by atomic mass is 79.9. The Morgan fingerprint density at radius 1 is 1.39 bits per heavy atom. The summed E-state index contributed by atoms with van der Waals surface area (Å²) in [7, 11) is -1.30. The molecule has 0 saturated carbocycles. The maximum Gasteiger partial charge on any atom is 0.372 e. The molecule has 0 radical (unpaired) electrons. The van der Waals surface area contributed by atoms with E-state index >= 15 is 0 Å². The fraction of sp³-hybridized carbons (Fsp3) is 0.0833. The van der Waals surface area contributed by atoms with Crippen LogP contribution in [0, 0.1) is 0 Å². The molecule has 2 rings (SSSR count). The zero-order valence-electron chi connectivity index (χ0n) is 9.13. The van der Waals surface area contributed by atoms with E-state index in [0.29, 0.717) is 10.5 Å². The number of benzene rings is 1. The molecule has 18 heavy (non-hydrogen) atoms. The Balaban J connectivity index is 2.21. The van der Waals surface area contributed by atoms with Crippen LogP contribution in [0.4, 0.5) is 0 Å².